The normalized spacial score (nSPS) is 25.9. The number of benzene rings is 1. The fraction of sp³-hybridized carbons (Fsp3) is 0.571. The first-order valence-electron chi connectivity index (χ1n) is 7.24. The first-order chi connectivity index (χ1) is 10.0. The molecule has 3 N–H and O–H groups in total. The molecule has 1 saturated heterocycles. The number of hydrogen-bond donors (Lipinski definition) is 2. The van der Waals surface area contributed by atoms with Crippen molar-refractivity contribution in [3.05, 3.63) is 18.2 Å². The van der Waals surface area contributed by atoms with Crippen molar-refractivity contribution < 1.29 is 13.2 Å². The van der Waals surface area contributed by atoms with Gasteiger partial charge in [0.15, 0.2) is 0 Å². The van der Waals surface area contributed by atoms with Crippen molar-refractivity contribution >= 4 is 21.4 Å². The van der Waals surface area contributed by atoms with Crippen LogP contribution in [0.25, 0.3) is 0 Å². The summed E-state index contributed by atoms with van der Waals surface area (Å²) in [6, 6.07) is 5.17. The van der Waals surface area contributed by atoms with E-state index >= 15 is 0 Å². The number of sulfonamides is 1. The Hall–Kier alpha value is -1.31. The molecule has 2 aliphatic rings. The van der Waals surface area contributed by atoms with E-state index in [1.54, 1.807) is 12.1 Å². The molecule has 1 saturated carbocycles. The highest BCUT2D eigenvalue weighted by molar-refractivity contribution is 7.89. The van der Waals surface area contributed by atoms with Gasteiger partial charge in [-0.25, -0.2) is 13.1 Å². The average molecular weight is 311 g/mol. The lowest BCUT2D eigenvalue weighted by molar-refractivity contribution is 0.0257. The molecule has 0 radical (unpaired) electrons. The summed E-state index contributed by atoms with van der Waals surface area (Å²) in [5, 5.41) is 0. The van der Waals surface area contributed by atoms with Crippen LogP contribution in [0.4, 0.5) is 11.4 Å². The zero-order valence-electron chi connectivity index (χ0n) is 12.1. The number of nitrogen functional groups attached to an aromatic ring is 1. The van der Waals surface area contributed by atoms with Gasteiger partial charge in [0.1, 0.15) is 0 Å². The highest BCUT2D eigenvalue weighted by atomic mass is 32.2. The molecule has 2 unspecified atom stereocenters. The molecule has 0 spiro atoms. The molecule has 1 aliphatic carbocycles. The van der Waals surface area contributed by atoms with Gasteiger partial charge >= 0.3 is 0 Å². The summed E-state index contributed by atoms with van der Waals surface area (Å²) in [6.45, 7) is 1.40. The maximum atomic E-state index is 12.0. The molecule has 0 amide bonds. The van der Waals surface area contributed by atoms with Crippen molar-refractivity contribution in [1.82, 2.24) is 4.72 Å². The van der Waals surface area contributed by atoms with Crippen LogP contribution in [0.2, 0.25) is 0 Å². The first kappa shape index (κ1) is 14.6. The molecule has 7 heteroatoms. The third-order valence-electron chi connectivity index (χ3n) is 4.37. The number of anilines is 2. The lowest BCUT2D eigenvalue weighted by Gasteiger charge is -2.40. The standard InChI is InChI=1S/C14H21N3O3S/c1-16-21(18,19)10-5-6-11(15)13(9-10)17-7-8-20-14-4-2-3-12(14)17/h5-6,9,12,14,16H,2-4,7-8,15H2,1H3. The fourth-order valence-corrected chi connectivity index (χ4v) is 4.03. The van der Waals surface area contributed by atoms with Gasteiger partial charge in [0.25, 0.3) is 0 Å². The van der Waals surface area contributed by atoms with Crippen LogP contribution in [-0.2, 0) is 14.8 Å². The quantitative estimate of drug-likeness (QED) is 0.811. The van der Waals surface area contributed by atoms with Crippen LogP contribution in [0.5, 0.6) is 0 Å². The Morgan fingerprint density at radius 3 is 2.95 bits per heavy atom. The molecule has 6 nitrogen and oxygen atoms in total. The van der Waals surface area contributed by atoms with E-state index in [-0.39, 0.29) is 11.0 Å². The first-order valence-corrected chi connectivity index (χ1v) is 8.72. The minimum absolute atomic E-state index is 0.239. The summed E-state index contributed by atoms with van der Waals surface area (Å²) in [7, 11) is -2.05. The van der Waals surface area contributed by atoms with E-state index in [1.165, 1.54) is 13.1 Å². The van der Waals surface area contributed by atoms with E-state index in [9.17, 15) is 8.42 Å². The van der Waals surface area contributed by atoms with Gasteiger partial charge in [-0.05, 0) is 44.5 Å². The van der Waals surface area contributed by atoms with Crippen LogP contribution in [0.1, 0.15) is 19.3 Å². The summed E-state index contributed by atoms with van der Waals surface area (Å²) in [4.78, 5) is 2.46. The second-order valence-corrected chi connectivity index (χ2v) is 7.42. The van der Waals surface area contributed by atoms with Gasteiger partial charge in [0.2, 0.25) is 10.0 Å². The van der Waals surface area contributed by atoms with E-state index in [2.05, 4.69) is 9.62 Å². The van der Waals surface area contributed by atoms with Gasteiger partial charge < -0.3 is 15.4 Å². The van der Waals surface area contributed by atoms with E-state index in [0.717, 1.165) is 31.5 Å². The SMILES string of the molecule is CNS(=O)(=O)c1ccc(N)c(N2CCOC3CCCC32)c1. The van der Waals surface area contributed by atoms with Gasteiger partial charge in [-0.1, -0.05) is 0 Å². The molecular weight excluding hydrogens is 290 g/mol. The van der Waals surface area contributed by atoms with E-state index in [1.807, 2.05) is 0 Å². The maximum absolute atomic E-state index is 12.0. The van der Waals surface area contributed by atoms with Gasteiger partial charge in [-0.15, -0.1) is 0 Å². The summed E-state index contributed by atoms with van der Waals surface area (Å²) >= 11 is 0. The lowest BCUT2D eigenvalue weighted by Crippen LogP contribution is -2.49. The largest absolute Gasteiger partial charge is 0.397 e. The van der Waals surface area contributed by atoms with Gasteiger partial charge in [0.05, 0.1) is 35.0 Å². The molecule has 0 aromatic heterocycles. The molecule has 1 aliphatic heterocycles. The molecular formula is C14H21N3O3S. The number of ether oxygens (including phenoxy) is 1. The molecule has 2 fully saturated rings. The Labute approximate surface area is 125 Å². The predicted molar refractivity (Wildman–Crippen MR) is 81.8 cm³/mol. The molecule has 116 valence electrons. The van der Waals surface area contributed by atoms with Crippen LogP contribution >= 0.6 is 0 Å². The molecule has 1 aromatic rings. The van der Waals surface area contributed by atoms with Gasteiger partial charge in [0, 0.05) is 6.54 Å². The monoisotopic (exact) mass is 311 g/mol. The zero-order valence-corrected chi connectivity index (χ0v) is 12.9. The minimum Gasteiger partial charge on any atom is -0.397 e. The molecule has 1 aromatic carbocycles. The molecule has 2 atom stereocenters. The zero-order chi connectivity index (χ0) is 15.0. The molecule has 3 rings (SSSR count). The summed E-state index contributed by atoms with van der Waals surface area (Å²) < 4.78 is 32.1. The van der Waals surface area contributed by atoms with Gasteiger partial charge in [-0.3, -0.25) is 0 Å². The van der Waals surface area contributed by atoms with Crippen molar-refractivity contribution in [2.75, 3.05) is 30.8 Å². The van der Waals surface area contributed by atoms with Crippen LogP contribution in [0.3, 0.4) is 0 Å². The van der Waals surface area contributed by atoms with Crippen LogP contribution in [0.15, 0.2) is 23.1 Å². The smallest absolute Gasteiger partial charge is 0.240 e. The Kier molecular flexibility index (Phi) is 3.81. The number of fused-ring (bicyclic) bond motifs is 1. The second-order valence-electron chi connectivity index (χ2n) is 5.53. The van der Waals surface area contributed by atoms with Crippen molar-refractivity contribution in [2.45, 2.75) is 36.3 Å². The molecule has 0 bridgehead atoms. The Morgan fingerprint density at radius 1 is 1.38 bits per heavy atom. The van der Waals surface area contributed by atoms with Gasteiger partial charge in [-0.2, -0.15) is 0 Å². The van der Waals surface area contributed by atoms with Crippen molar-refractivity contribution in [2.24, 2.45) is 0 Å². The highest BCUT2D eigenvalue weighted by Crippen LogP contribution is 2.36. The highest BCUT2D eigenvalue weighted by Gasteiger charge is 2.37. The summed E-state index contributed by atoms with van der Waals surface area (Å²) in [5.41, 5.74) is 7.50. The van der Waals surface area contributed by atoms with E-state index in [0.29, 0.717) is 18.3 Å². The Balaban J connectivity index is 1.99. The number of morpholine rings is 1. The Bertz CT molecular complexity index is 632. The Morgan fingerprint density at radius 2 is 2.19 bits per heavy atom. The maximum Gasteiger partial charge on any atom is 0.240 e. The number of hydrogen-bond acceptors (Lipinski definition) is 5. The predicted octanol–water partition coefficient (Wildman–Crippen LogP) is 0.935. The van der Waals surface area contributed by atoms with E-state index < -0.39 is 10.0 Å². The third-order valence-corrected chi connectivity index (χ3v) is 5.78. The third kappa shape index (κ3) is 2.61. The van der Waals surface area contributed by atoms with Crippen LogP contribution in [0, 0.1) is 0 Å². The number of nitrogens with two attached hydrogens (primary N) is 1. The fourth-order valence-electron chi connectivity index (χ4n) is 3.28. The van der Waals surface area contributed by atoms with Crippen LogP contribution in [-0.4, -0.2) is 40.8 Å². The lowest BCUT2D eigenvalue weighted by atomic mass is 10.1. The number of rotatable bonds is 3. The number of nitrogens with one attached hydrogen (secondary N) is 1. The topological polar surface area (TPSA) is 84.7 Å². The molecule has 1 heterocycles. The van der Waals surface area contributed by atoms with Crippen molar-refractivity contribution in [1.29, 1.82) is 0 Å². The molecule has 21 heavy (non-hydrogen) atoms. The van der Waals surface area contributed by atoms with Crippen molar-refractivity contribution in [3.63, 3.8) is 0 Å². The average Bonchev–Trinajstić information content (AvgIpc) is 2.96. The van der Waals surface area contributed by atoms with E-state index in [4.69, 9.17) is 10.5 Å². The summed E-state index contributed by atoms with van der Waals surface area (Å²) in [6.07, 6.45) is 3.51. The minimum atomic E-state index is -3.46. The summed E-state index contributed by atoms with van der Waals surface area (Å²) in [5.74, 6) is 0. The van der Waals surface area contributed by atoms with Crippen molar-refractivity contribution in [3.8, 4) is 0 Å². The van der Waals surface area contributed by atoms with Crippen LogP contribution < -0.4 is 15.4 Å². The second kappa shape index (κ2) is 5.47. The number of nitrogens with zero attached hydrogens (tertiary/aromatic N) is 1.